The van der Waals surface area contributed by atoms with Crippen LogP contribution in [0.5, 0.6) is 0 Å². The molecule has 0 saturated heterocycles. The minimum absolute atomic E-state index is 0.597. The molecule has 0 aliphatic carbocycles. The Labute approximate surface area is 97.4 Å². The standard InChI is InChI=1S/C13H10N2S/c14-13-11-4-2-1-3-9(11)7-12(15-13)10-5-6-16-8-10/h1-8H,(H2,14,15). The second-order valence-electron chi connectivity index (χ2n) is 3.63. The van der Waals surface area contributed by atoms with Crippen LogP contribution < -0.4 is 5.73 Å². The quantitative estimate of drug-likeness (QED) is 0.689. The fourth-order valence-corrected chi connectivity index (χ4v) is 2.43. The molecule has 0 aliphatic heterocycles. The van der Waals surface area contributed by atoms with E-state index in [9.17, 15) is 0 Å². The Balaban J connectivity index is 2.29. The minimum atomic E-state index is 0.597. The van der Waals surface area contributed by atoms with E-state index in [0.29, 0.717) is 5.82 Å². The van der Waals surface area contributed by atoms with Crippen LogP contribution >= 0.6 is 11.3 Å². The molecule has 0 unspecified atom stereocenters. The molecule has 0 aliphatic rings. The van der Waals surface area contributed by atoms with Crippen LogP contribution in [0.2, 0.25) is 0 Å². The van der Waals surface area contributed by atoms with Gasteiger partial charge < -0.3 is 5.73 Å². The maximum absolute atomic E-state index is 5.96. The Morgan fingerprint density at radius 3 is 2.81 bits per heavy atom. The van der Waals surface area contributed by atoms with Crippen LogP contribution in [0.3, 0.4) is 0 Å². The second kappa shape index (κ2) is 3.61. The number of nitrogens with two attached hydrogens (primary N) is 1. The summed E-state index contributed by atoms with van der Waals surface area (Å²) >= 11 is 1.66. The van der Waals surface area contributed by atoms with Gasteiger partial charge in [0.15, 0.2) is 0 Å². The van der Waals surface area contributed by atoms with E-state index in [0.717, 1.165) is 22.0 Å². The number of thiophene rings is 1. The van der Waals surface area contributed by atoms with Crippen molar-refractivity contribution in [3.8, 4) is 11.3 Å². The highest BCUT2D eigenvalue weighted by atomic mass is 32.1. The Hall–Kier alpha value is -1.87. The summed E-state index contributed by atoms with van der Waals surface area (Å²) in [5, 5.41) is 6.27. The monoisotopic (exact) mass is 226 g/mol. The smallest absolute Gasteiger partial charge is 0.131 e. The van der Waals surface area contributed by atoms with Crippen molar-refractivity contribution in [2.45, 2.75) is 0 Å². The van der Waals surface area contributed by atoms with E-state index in [1.165, 1.54) is 0 Å². The SMILES string of the molecule is Nc1nc(-c2ccsc2)cc2ccccc12. The highest BCUT2D eigenvalue weighted by Gasteiger charge is 2.04. The lowest BCUT2D eigenvalue weighted by Crippen LogP contribution is -1.93. The van der Waals surface area contributed by atoms with E-state index in [2.05, 4.69) is 28.6 Å². The van der Waals surface area contributed by atoms with Gasteiger partial charge in [0.1, 0.15) is 5.82 Å². The fourth-order valence-electron chi connectivity index (χ4n) is 1.78. The van der Waals surface area contributed by atoms with Gasteiger partial charge in [-0.1, -0.05) is 24.3 Å². The highest BCUT2D eigenvalue weighted by molar-refractivity contribution is 7.08. The number of aromatic nitrogens is 1. The summed E-state index contributed by atoms with van der Waals surface area (Å²) in [5.41, 5.74) is 8.02. The Kier molecular flexibility index (Phi) is 2.11. The van der Waals surface area contributed by atoms with E-state index < -0.39 is 0 Å². The van der Waals surface area contributed by atoms with E-state index >= 15 is 0 Å². The number of nitrogen functional groups attached to an aromatic ring is 1. The molecule has 2 aromatic heterocycles. The maximum atomic E-state index is 5.96. The van der Waals surface area contributed by atoms with Gasteiger partial charge in [0.2, 0.25) is 0 Å². The van der Waals surface area contributed by atoms with Crippen molar-refractivity contribution >= 4 is 27.9 Å². The van der Waals surface area contributed by atoms with E-state index in [-0.39, 0.29) is 0 Å². The molecule has 2 N–H and O–H groups in total. The van der Waals surface area contributed by atoms with Crippen molar-refractivity contribution in [2.75, 3.05) is 5.73 Å². The first-order valence-corrected chi connectivity index (χ1v) is 5.97. The van der Waals surface area contributed by atoms with Gasteiger partial charge in [-0.2, -0.15) is 11.3 Å². The van der Waals surface area contributed by atoms with E-state index in [1.54, 1.807) is 11.3 Å². The van der Waals surface area contributed by atoms with Gasteiger partial charge in [-0.3, -0.25) is 0 Å². The van der Waals surface area contributed by atoms with Crippen molar-refractivity contribution in [1.29, 1.82) is 0 Å². The lowest BCUT2D eigenvalue weighted by atomic mass is 10.1. The van der Waals surface area contributed by atoms with Crippen molar-refractivity contribution in [3.63, 3.8) is 0 Å². The molecular formula is C13H10N2S. The minimum Gasteiger partial charge on any atom is -0.383 e. The third-order valence-electron chi connectivity index (χ3n) is 2.59. The van der Waals surface area contributed by atoms with Crippen LogP contribution in [0.1, 0.15) is 0 Å². The summed E-state index contributed by atoms with van der Waals surface area (Å²) < 4.78 is 0. The largest absolute Gasteiger partial charge is 0.383 e. The van der Waals surface area contributed by atoms with Crippen LogP contribution in [0.15, 0.2) is 47.2 Å². The van der Waals surface area contributed by atoms with Crippen LogP contribution in [0.4, 0.5) is 5.82 Å². The zero-order valence-corrected chi connectivity index (χ0v) is 9.37. The number of nitrogens with zero attached hydrogens (tertiary/aromatic N) is 1. The third kappa shape index (κ3) is 1.46. The Morgan fingerprint density at radius 2 is 2.00 bits per heavy atom. The van der Waals surface area contributed by atoms with Gasteiger partial charge in [-0.15, -0.1) is 0 Å². The molecule has 2 heterocycles. The average Bonchev–Trinajstić information content (AvgIpc) is 2.82. The molecule has 78 valence electrons. The molecule has 3 heteroatoms. The van der Waals surface area contributed by atoms with Gasteiger partial charge in [-0.05, 0) is 22.9 Å². The van der Waals surface area contributed by atoms with Crippen LogP contribution in [0.25, 0.3) is 22.0 Å². The summed E-state index contributed by atoms with van der Waals surface area (Å²) in [6.07, 6.45) is 0. The predicted molar refractivity (Wildman–Crippen MR) is 69.5 cm³/mol. The normalized spacial score (nSPS) is 10.8. The van der Waals surface area contributed by atoms with Gasteiger partial charge in [0.25, 0.3) is 0 Å². The lowest BCUT2D eigenvalue weighted by molar-refractivity contribution is 1.37. The Bertz CT molecular complexity index is 629. The van der Waals surface area contributed by atoms with Gasteiger partial charge in [-0.25, -0.2) is 4.98 Å². The molecule has 0 amide bonds. The fraction of sp³-hybridized carbons (Fsp3) is 0. The molecule has 16 heavy (non-hydrogen) atoms. The first kappa shape index (κ1) is 9.36. The first-order valence-electron chi connectivity index (χ1n) is 5.02. The molecule has 0 bridgehead atoms. The topological polar surface area (TPSA) is 38.9 Å². The number of benzene rings is 1. The molecule has 0 radical (unpaired) electrons. The van der Waals surface area contributed by atoms with Crippen LogP contribution in [-0.2, 0) is 0 Å². The molecule has 1 aromatic carbocycles. The number of rotatable bonds is 1. The van der Waals surface area contributed by atoms with Crippen molar-refractivity contribution < 1.29 is 0 Å². The number of anilines is 1. The predicted octanol–water partition coefficient (Wildman–Crippen LogP) is 3.55. The summed E-state index contributed by atoms with van der Waals surface area (Å²) in [7, 11) is 0. The second-order valence-corrected chi connectivity index (χ2v) is 4.41. The van der Waals surface area contributed by atoms with Crippen molar-refractivity contribution in [1.82, 2.24) is 4.98 Å². The Morgan fingerprint density at radius 1 is 1.12 bits per heavy atom. The average molecular weight is 226 g/mol. The number of hydrogen-bond acceptors (Lipinski definition) is 3. The molecule has 3 rings (SSSR count). The van der Waals surface area contributed by atoms with Crippen molar-refractivity contribution in [2.24, 2.45) is 0 Å². The molecule has 0 fully saturated rings. The third-order valence-corrected chi connectivity index (χ3v) is 3.27. The molecule has 0 saturated carbocycles. The highest BCUT2D eigenvalue weighted by Crippen LogP contribution is 2.27. The maximum Gasteiger partial charge on any atom is 0.131 e. The van der Waals surface area contributed by atoms with Crippen molar-refractivity contribution in [3.05, 3.63) is 47.2 Å². The number of pyridine rings is 1. The van der Waals surface area contributed by atoms with Gasteiger partial charge in [0.05, 0.1) is 5.69 Å². The molecular weight excluding hydrogens is 216 g/mol. The molecule has 2 nitrogen and oxygen atoms in total. The van der Waals surface area contributed by atoms with Crippen LogP contribution in [-0.4, -0.2) is 4.98 Å². The number of fused-ring (bicyclic) bond motifs is 1. The summed E-state index contributed by atoms with van der Waals surface area (Å²) in [6.45, 7) is 0. The lowest BCUT2D eigenvalue weighted by Gasteiger charge is -2.04. The van der Waals surface area contributed by atoms with Gasteiger partial charge in [0, 0.05) is 16.3 Å². The summed E-state index contributed by atoms with van der Waals surface area (Å²) in [6, 6.07) is 12.2. The van der Waals surface area contributed by atoms with E-state index in [1.807, 2.05) is 23.6 Å². The summed E-state index contributed by atoms with van der Waals surface area (Å²) in [4.78, 5) is 4.43. The molecule has 0 atom stereocenters. The number of hydrogen-bond donors (Lipinski definition) is 1. The summed E-state index contributed by atoms with van der Waals surface area (Å²) in [5.74, 6) is 0.597. The van der Waals surface area contributed by atoms with Gasteiger partial charge >= 0.3 is 0 Å². The molecule has 3 aromatic rings. The first-order chi connectivity index (χ1) is 7.84. The molecule has 0 spiro atoms. The zero-order valence-electron chi connectivity index (χ0n) is 8.55. The zero-order chi connectivity index (χ0) is 11.0. The van der Waals surface area contributed by atoms with E-state index in [4.69, 9.17) is 5.73 Å². The van der Waals surface area contributed by atoms with Crippen LogP contribution in [0, 0.1) is 0 Å².